The van der Waals surface area contributed by atoms with Crippen LogP contribution in [0.3, 0.4) is 0 Å². The third-order valence-corrected chi connectivity index (χ3v) is 5.02. The number of nitrogens with zero attached hydrogens (tertiary/aromatic N) is 3. The fraction of sp³-hybridized carbons (Fsp3) is 0.263. The van der Waals surface area contributed by atoms with Gasteiger partial charge in [-0.15, -0.1) is 10.2 Å². The highest BCUT2D eigenvalue weighted by Crippen LogP contribution is 2.25. The van der Waals surface area contributed by atoms with E-state index in [4.69, 9.17) is 4.74 Å². The molecule has 0 bridgehead atoms. The van der Waals surface area contributed by atoms with Crippen molar-refractivity contribution < 1.29 is 4.74 Å². The molecular formula is C19H21N3OS. The van der Waals surface area contributed by atoms with Gasteiger partial charge >= 0.3 is 0 Å². The lowest BCUT2D eigenvalue weighted by Gasteiger charge is -2.06. The third kappa shape index (κ3) is 3.62. The first-order valence-electron chi connectivity index (χ1n) is 7.90. The van der Waals surface area contributed by atoms with Gasteiger partial charge in [-0.1, -0.05) is 48.2 Å². The van der Waals surface area contributed by atoms with Crippen molar-refractivity contribution in [3.8, 4) is 17.1 Å². The van der Waals surface area contributed by atoms with Crippen LogP contribution in [0.4, 0.5) is 0 Å². The molecule has 0 aliphatic carbocycles. The highest BCUT2D eigenvalue weighted by Gasteiger charge is 2.12. The Balaban J connectivity index is 1.65. The molecule has 0 atom stereocenters. The molecule has 0 radical (unpaired) electrons. The van der Waals surface area contributed by atoms with Crippen molar-refractivity contribution in [2.45, 2.75) is 18.5 Å². The number of benzene rings is 2. The molecule has 1 aromatic heterocycles. The Labute approximate surface area is 146 Å². The standard InChI is InChI=1S/C19H21N3OS/c1-14-6-4-5-7-17(14)18-20-21-19(22(18)2)24-13-12-15-8-10-16(23-3)11-9-15/h4-11H,12-13H2,1-3H3. The fourth-order valence-corrected chi connectivity index (χ4v) is 3.45. The highest BCUT2D eigenvalue weighted by molar-refractivity contribution is 7.99. The first-order valence-corrected chi connectivity index (χ1v) is 8.88. The molecule has 0 amide bonds. The van der Waals surface area contributed by atoms with Gasteiger partial charge < -0.3 is 9.30 Å². The maximum absolute atomic E-state index is 5.19. The minimum atomic E-state index is 0.891. The Bertz CT molecular complexity index is 812. The van der Waals surface area contributed by atoms with Crippen molar-refractivity contribution in [2.75, 3.05) is 12.9 Å². The number of ether oxygens (including phenoxy) is 1. The zero-order valence-corrected chi connectivity index (χ0v) is 15.0. The van der Waals surface area contributed by atoms with Gasteiger partial charge in [0.05, 0.1) is 7.11 Å². The van der Waals surface area contributed by atoms with E-state index >= 15 is 0 Å². The van der Waals surface area contributed by atoms with Gasteiger partial charge in [0, 0.05) is 18.4 Å². The van der Waals surface area contributed by atoms with Crippen LogP contribution in [-0.4, -0.2) is 27.6 Å². The first-order chi connectivity index (χ1) is 11.7. The number of hydrogen-bond donors (Lipinski definition) is 0. The SMILES string of the molecule is COc1ccc(CCSc2nnc(-c3ccccc3C)n2C)cc1. The smallest absolute Gasteiger partial charge is 0.191 e. The van der Waals surface area contributed by atoms with E-state index in [0.717, 1.165) is 34.5 Å². The average Bonchev–Trinajstić information content (AvgIpc) is 2.97. The molecule has 0 fully saturated rings. The number of rotatable bonds is 6. The van der Waals surface area contributed by atoms with Gasteiger partial charge in [-0.25, -0.2) is 0 Å². The van der Waals surface area contributed by atoms with Crippen molar-refractivity contribution in [3.63, 3.8) is 0 Å². The molecule has 3 aromatic rings. The molecule has 0 spiro atoms. The molecule has 0 saturated carbocycles. The second-order valence-corrected chi connectivity index (χ2v) is 6.69. The maximum Gasteiger partial charge on any atom is 0.191 e. The van der Waals surface area contributed by atoms with E-state index in [1.54, 1.807) is 18.9 Å². The van der Waals surface area contributed by atoms with Crippen LogP contribution in [0.2, 0.25) is 0 Å². The van der Waals surface area contributed by atoms with Gasteiger partial charge in [-0.05, 0) is 36.6 Å². The van der Waals surface area contributed by atoms with Gasteiger partial charge in [0.15, 0.2) is 11.0 Å². The summed E-state index contributed by atoms with van der Waals surface area (Å²) < 4.78 is 7.26. The lowest BCUT2D eigenvalue weighted by atomic mass is 10.1. The molecular weight excluding hydrogens is 318 g/mol. The molecule has 24 heavy (non-hydrogen) atoms. The van der Waals surface area contributed by atoms with Crippen LogP contribution in [-0.2, 0) is 13.5 Å². The Morgan fingerprint density at radius 3 is 2.50 bits per heavy atom. The molecule has 0 N–H and O–H groups in total. The van der Waals surface area contributed by atoms with E-state index in [1.165, 1.54) is 11.1 Å². The van der Waals surface area contributed by atoms with E-state index in [9.17, 15) is 0 Å². The van der Waals surface area contributed by atoms with Crippen molar-refractivity contribution in [2.24, 2.45) is 7.05 Å². The molecule has 124 valence electrons. The van der Waals surface area contributed by atoms with E-state index in [-0.39, 0.29) is 0 Å². The number of aryl methyl sites for hydroxylation is 2. The second kappa shape index (κ2) is 7.53. The van der Waals surface area contributed by atoms with Crippen LogP contribution in [0.25, 0.3) is 11.4 Å². The summed E-state index contributed by atoms with van der Waals surface area (Å²) in [7, 11) is 3.71. The molecule has 2 aromatic carbocycles. The largest absolute Gasteiger partial charge is 0.497 e. The van der Waals surface area contributed by atoms with Crippen LogP contribution in [0.1, 0.15) is 11.1 Å². The minimum absolute atomic E-state index is 0.891. The molecule has 0 unspecified atom stereocenters. The average molecular weight is 339 g/mol. The topological polar surface area (TPSA) is 39.9 Å². The fourth-order valence-electron chi connectivity index (χ4n) is 2.55. The van der Waals surface area contributed by atoms with Crippen molar-refractivity contribution in [1.82, 2.24) is 14.8 Å². The molecule has 0 aliphatic rings. The summed E-state index contributed by atoms with van der Waals surface area (Å²) in [5.41, 5.74) is 3.64. The van der Waals surface area contributed by atoms with Crippen LogP contribution >= 0.6 is 11.8 Å². The van der Waals surface area contributed by atoms with Gasteiger partial charge in [-0.2, -0.15) is 0 Å². The highest BCUT2D eigenvalue weighted by atomic mass is 32.2. The van der Waals surface area contributed by atoms with Crippen LogP contribution in [0.5, 0.6) is 5.75 Å². The summed E-state index contributed by atoms with van der Waals surface area (Å²) >= 11 is 1.73. The van der Waals surface area contributed by atoms with Crippen LogP contribution < -0.4 is 4.74 Å². The van der Waals surface area contributed by atoms with E-state index in [1.807, 2.05) is 31.3 Å². The second-order valence-electron chi connectivity index (χ2n) is 5.63. The lowest BCUT2D eigenvalue weighted by molar-refractivity contribution is 0.414. The number of hydrogen-bond acceptors (Lipinski definition) is 4. The lowest BCUT2D eigenvalue weighted by Crippen LogP contribution is -1.97. The Hall–Kier alpha value is -2.27. The normalized spacial score (nSPS) is 10.8. The number of methoxy groups -OCH3 is 1. The number of aromatic nitrogens is 3. The predicted molar refractivity (Wildman–Crippen MR) is 98.6 cm³/mol. The predicted octanol–water partition coefficient (Wildman–Crippen LogP) is 4.13. The third-order valence-electron chi connectivity index (χ3n) is 4.00. The minimum Gasteiger partial charge on any atom is -0.497 e. The van der Waals surface area contributed by atoms with Gasteiger partial charge in [0.2, 0.25) is 0 Å². The quantitative estimate of drug-likeness (QED) is 0.633. The molecule has 0 saturated heterocycles. The summed E-state index contributed by atoms with van der Waals surface area (Å²) in [4.78, 5) is 0. The van der Waals surface area contributed by atoms with Crippen molar-refractivity contribution >= 4 is 11.8 Å². The molecule has 4 nitrogen and oxygen atoms in total. The zero-order chi connectivity index (χ0) is 16.9. The molecule has 1 heterocycles. The number of thioether (sulfide) groups is 1. The van der Waals surface area contributed by atoms with E-state index in [0.29, 0.717) is 0 Å². The summed E-state index contributed by atoms with van der Waals surface area (Å²) in [6.07, 6.45) is 0.987. The van der Waals surface area contributed by atoms with Crippen molar-refractivity contribution in [1.29, 1.82) is 0 Å². The van der Waals surface area contributed by atoms with Crippen molar-refractivity contribution in [3.05, 3.63) is 59.7 Å². The summed E-state index contributed by atoms with van der Waals surface area (Å²) in [6, 6.07) is 16.5. The Kier molecular flexibility index (Phi) is 5.20. The molecule has 5 heteroatoms. The van der Waals surface area contributed by atoms with E-state index in [2.05, 4.69) is 46.0 Å². The first kappa shape index (κ1) is 16.6. The Morgan fingerprint density at radius 1 is 1.04 bits per heavy atom. The molecule has 0 aliphatic heterocycles. The monoisotopic (exact) mass is 339 g/mol. The summed E-state index contributed by atoms with van der Waals surface area (Å²) in [5.74, 6) is 2.77. The Morgan fingerprint density at radius 2 is 1.79 bits per heavy atom. The van der Waals surface area contributed by atoms with Crippen LogP contribution in [0, 0.1) is 6.92 Å². The van der Waals surface area contributed by atoms with Gasteiger partial charge in [0.1, 0.15) is 5.75 Å². The molecule has 3 rings (SSSR count). The zero-order valence-electron chi connectivity index (χ0n) is 14.2. The van der Waals surface area contributed by atoms with Crippen LogP contribution in [0.15, 0.2) is 53.7 Å². The summed E-state index contributed by atoms with van der Waals surface area (Å²) in [6.45, 7) is 2.10. The maximum atomic E-state index is 5.19. The van der Waals surface area contributed by atoms with Gasteiger partial charge in [-0.3, -0.25) is 0 Å². The van der Waals surface area contributed by atoms with E-state index < -0.39 is 0 Å². The van der Waals surface area contributed by atoms with Gasteiger partial charge in [0.25, 0.3) is 0 Å². The summed E-state index contributed by atoms with van der Waals surface area (Å²) in [5, 5.41) is 9.66.